The molecule has 0 nitrogen and oxygen atoms in total. The quantitative estimate of drug-likeness (QED) is 0.507. The fraction of sp³-hybridized carbons (Fsp3) is 0.556. The largest absolute Gasteiger partial charge is 0.0991 e. The average molecular weight is 126 g/mol. The van der Waals surface area contributed by atoms with Crippen LogP contribution in [0, 0.1) is 0 Å². The summed E-state index contributed by atoms with van der Waals surface area (Å²) in [6.07, 6.45) is 8.29. The molecule has 0 radical (unpaired) electrons. The van der Waals surface area contributed by atoms with Gasteiger partial charge in [-0.2, -0.15) is 0 Å². The van der Waals surface area contributed by atoms with Gasteiger partial charge in [0.05, 0.1) is 0 Å². The molecule has 0 saturated heterocycles. The molecule has 0 spiro atoms. The maximum atomic E-state index is 3.55. The second-order valence-corrected chi connectivity index (χ2v) is 1.45. The fourth-order valence-electron chi connectivity index (χ4n) is 0.359. The summed E-state index contributed by atoms with van der Waals surface area (Å²) in [6, 6.07) is 0. The molecule has 0 unspecified atom stereocenters. The standard InChI is InChI=1S/C7H12.C2H6/c1-3-5-7-6-4-2;1-2/h3,5,7H,1,4,6H2,2H3;1-2H3/b7-5+;. The van der Waals surface area contributed by atoms with Crippen LogP contribution in [-0.4, -0.2) is 0 Å². The molecule has 0 fully saturated rings. The number of hydrogen-bond donors (Lipinski definition) is 0. The number of allylic oxidation sites excluding steroid dienone is 3. The Morgan fingerprint density at radius 1 is 1.33 bits per heavy atom. The van der Waals surface area contributed by atoms with E-state index in [-0.39, 0.29) is 0 Å². The average Bonchev–Trinajstić information content (AvgIpc) is 1.94. The molecular weight excluding hydrogens is 108 g/mol. The molecule has 0 rings (SSSR count). The van der Waals surface area contributed by atoms with Gasteiger partial charge in [0.1, 0.15) is 0 Å². The molecule has 0 heteroatoms. The Hall–Kier alpha value is -0.520. The van der Waals surface area contributed by atoms with Gasteiger partial charge in [-0.25, -0.2) is 0 Å². The normalized spacial score (nSPS) is 8.33. The van der Waals surface area contributed by atoms with Crippen molar-refractivity contribution >= 4 is 0 Å². The highest BCUT2D eigenvalue weighted by Gasteiger charge is 1.66. The van der Waals surface area contributed by atoms with Crippen LogP contribution in [0.3, 0.4) is 0 Å². The first kappa shape index (κ1) is 11.3. The van der Waals surface area contributed by atoms with Crippen molar-refractivity contribution in [2.75, 3.05) is 0 Å². The van der Waals surface area contributed by atoms with Crippen LogP contribution in [0.5, 0.6) is 0 Å². The summed E-state index contributed by atoms with van der Waals surface area (Å²) < 4.78 is 0. The van der Waals surface area contributed by atoms with Crippen LogP contribution in [-0.2, 0) is 0 Å². The van der Waals surface area contributed by atoms with E-state index >= 15 is 0 Å². The molecule has 0 aromatic heterocycles. The minimum Gasteiger partial charge on any atom is -0.0991 e. The zero-order chi connectivity index (χ0) is 7.54. The van der Waals surface area contributed by atoms with Crippen molar-refractivity contribution in [2.24, 2.45) is 0 Å². The Balaban J connectivity index is 0. The molecule has 0 N–H and O–H groups in total. The Labute approximate surface area is 59.3 Å². The summed E-state index contributed by atoms with van der Waals surface area (Å²) in [4.78, 5) is 0. The van der Waals surface area contributed by atoms with E-state index < -0.39 is 0 Å². The lowest BCUT2D eigenvalue weighted by molar-refractivity contribution is 0.959. The van der Waals surface area contributed by atoms with Crippen molar-refractivity contribution in [1.82, 2.24) is 0 Å². The highest BCUT2D eigenvalue weighted by Crippen LogP contribution is 1.86. The summed E-state index contributed by atoms with van der Waals surface area (Å²) in [5, 5.41) is 0. The van der Waals surface area contributed by atoms with Gasteiger partial charge in [-0.1, -0.05) is 52.0 Å². The molecule has 0 saturated carbocycles. The molecule has 54 valence electrons. The van der Waals surface area contributed by atoms with Crippen LogP contribution in [0.4, 0.5) is 0 Å². The van der Waals surface area contributed by atoms with Crippen LogP contribution in [0.2, 0.25) is 0 Å². The third-order valence-electron chi connectivity index (χ3n) is 0.728. The van der Waals surface area contributed by atoms with E-state index in [1.165, 1.54) is 12.8 Å². The zero-order valence-corrected chi connectivity index (χ0v) is 6.85. The summed E-state index contributed by atoms with van der Waals surface area (Å²) in [5.74, 6) is 0. The Bertz CT molecular complexity index is 60.4. The van der Waals surface area contributed by atoms with Gasteiger partial charge in [0.2, 0.25) is 0 Å². The van der Waals surface area contributed by atoms with Gasteiger partial charge in [-0.3, -0.25) is 0 Å². The first-order chi connectivity index (χ1) is 4.41. The molecular formula is C9H18. The van der Waals surface area contributed by atoms with Gasteiger partial charge in [0, 0.05) is 0 Å². The molecule has 0 atom stereocenters. The fourth-order valence-corrected chi connectivity index (χ4v) is 0.359. The Morgan fingerprint density at radius 3 is 2.22 bits per heavy atom. The van der Waals surface area contributed by atoms with Crippen LogP contribution >= 0.6 is 0 Å². The van der Waals surface area contributed by atoms with Gasteiger partial charge < -0.3 is 0 Å². The van der Waals surface area contributed by atoms with E-state index in [0.717, 1.165) is 0 Å². The molecule has 0 amide bonds. The number of unbranched alkanes of at least 4 members (excludes halogenated alkanes) is 1. The van der Waals surface area contributed by atoms with Gasteiger partial charge in [-0.05, 0) is 6.42 Å². The zero-order valence-electron chi connectivity index (χ0n) is 6.85. The van der Waals surface area contributed by atoms with E-state index in [4.69, 9.17) is 0 Å². The van der Waals surface area contributed by atoms with Crippen molar-refractivity contribution in [2.45, 2.75) is 33.6 Å². The van der Waals surface area contributed by atoms with Crippen molar-refractivity contribution in [1.29, 1.82) is 0 Å². The van der Waals surface area contributed by atoms with Crippen LogP contribution < -0.4 is 0 Å². The van der Waals surface area contributed by atoms with Crippen molar-refractivity contribution in [3.63, 3.8) is 0 Å². The van der Waals surface area contributed by atoms with Crippen molar-refractivity contribution in [3.8, 4) is 0 Å². The SMILES string of the molecule is C=C/C=C/CCC.CC. The summed E-state index contributed by atoms with van der Waals surface area (Å²) in [6.45, 7) is 9.71. The highest BCUT2D eigenvalue weighted by atomic mass is 13.7. The minimum atomic E-state index is 1.17. The second-order valence-electron chi connectivity index (χ2n) is 1.45. The third-order valence-corrected chi connectivity index (χ3v) is 0.728. The van der Waals surface area contributed by atoms with Crippen LogP contribution in [0.1, 0.15) is 33.6 Å². The predicted molar refractivity (Wildman–Crippen MR) is 45.6 cm³/mol. The van der Waals surface area contributed by atoms with E-state index in [1.807, 2.05) is 19.9 Å². The van der Waals surface area contributed by atoms with E-state index in [1.54, 1.807) is 6.08 Å². The summed E-state index contributed by atoms with van der Waals surface area (Å²) >= 11 is 0. The Kier molecular flexibility index (Phi) is 19.6. The molecule has 0 heterocycles. The second kappa shape index (κ2) is 15.6. The van der Waals surface area contributed by atoms with Gasteiger partial charge in [-0.15, -0.1) is 0 Å². The third kappa shape index (κ3) is 18.5. The first-order valence-electron chi connectivity index (χ1n) is 3.69. The summed E-state index contributed by atoms with van der Waals surface area (Å²) in [5.41, 5.74) is 0. The molecule has 0 aliphatic rings. The molecule has 0 aromatic carbocycles. The smallest absolute Gasteiger partial charge is 0.0350 e. The first-order valence-corrected chi connectivity index (χ1v) is 3.69. The summed E-state index contributed by atoms with van der Waals surface area (Å²) in [7, 11) is 0. The van der Waals surface area contributed by atoms with Crippen LogP contribution in [0.15, 0.2) is 24.8 Å². The van der Waals surface area contributed by atoms with E-state index in [2.05, 4.69) is 19.6 Å². The molecule has 0 bridgehead atoms. The molecule has 0 aliphatic heterocycles. The highest BCUT2D eigenvalue weighted by molar-refractivity contribution is 4.96. The van der Waals surface area contributed by atoms with Crippen LogP contribution in [0.25, 0.3) is 0 Å². The van der Waals surface area contributed by atoms with Gasteiger partial charge >= 0.3 is 0 Å². The van der Waals surface area contributed by atoms with E-state index in [0.29, 0.717) is 0 Å². The maximum Gasteiger partial charge on any atom is -0.0350 e. The lowest BCUT2D eigenvalue weighted by Crippen LogP contribution is -1.56. The molecule has 0 aliphatic carbocycles. The monoisotopic (exact) mass is 126 g/mol. The topological polar surface area (TPSA) is 0 Å². The molecule has 9 heavy (non-hydrogen) atoms. The van der Waals surface area contributed by atoms with Crippen molar-refractivity contribution < 1.29 is 0 Å². The van der Waals surface area contributed by atoms with Crippen molar-refractivity contribution in [3.05, 3.63) is 24.8 Å². The predicted octanol–water partition coefficient (Wildman–Crippen LogP) is 3.55. The number of hydrogen-bond acceptors (Lipinski definition) is 0. The minimum absolute atomic E-state index is 1.17. The lowest BCUT2D eigenvalue weighted by atomic mass is 10.3. The lowest BCUT2D eigenvalue weighted by Gasteiger charge is -1.77. The molecule has 0 aromatic rings. The van der Waals surface area contributed by atoms with Gasteiger partial charge in [0.15, 0.2) is 0 Å². The van der Waals surface area contributed by atoms with Gasteiger partial charge in [0.25, 0.3) is 0 Å². The maximum absolute atomic E-state index is 3.55. The van der Waals surface area contributed by atoms with E-state index in [9.17, 15) is 0 Å². The number of rotatable bonds is 3. The Morgan fingerprint density at radius 2 is 1.89 bits per heavy atom.